The molecule has 1 atom stereocenters. The molecule has 5 heteroatoms. The van der Waals surface area contributed by atoms with Crippen LogP contribution in [0.15, 0.2) is 6.20 Å². The van der Waals surface area contributed by atoms with Gasteiger partial charge in [0.25, 0.3) is 0 Å². The molecule has 1 fully saturated rings. The van der Waals surface area contributed by atoms with Gasteiger partial charge < -0.3 is 5.32 Å². The van der Waals surface area contributed by atoms with Crippen LogP contribution in [-0.2, 0) is 6.54 Å². The van der Waals surface area contributed by atoms with E-state index in [-0.39, 0.29) is 12.4 Å². The van der Waals surface area contributed by atoms with Gasteiger partial charge in [-0.15, -0.1) is 12.4 Å². The largest absolute Gasteiger partial charge is 0.312 e. The maximum absolute atomic E-state index is 4.57. The number of nitrogens with zero attached hydrogens (tertiary/aromatic N) is 3. The van der Waals surface area contributed by atoms with Crippen LogP contribution in [0.5, 0.6) is 0 Å². The Balaban J connectivity index is 0.00000162. The summed E-state index contributed by atoms with van der Waals surface area (Å²) in [6.45, 7) is 13.1. The van der Waals surface area contributed by atoms with E-state index < -0.39 is 0 Å². The molecule has 0 radical (unpaired) electrons. The highest BCUT2D eigenvalue weighted by Crippen LogP contribution is 2.14. The van der Waals surface area contributed by atoms with Crippen LogP contribution in [-0.4, -0.2) is 40.4 Å². The number of piperazine rings is 1. The zero-order valence-electron chi connectivity index (χ0n) is 11.8. The average molecular weight is 273 g/mol. The van der Waals surface area contributed by atoms with Crippen molar-refractivity contribution in [1.82, 2.24) is 20.0 Å². The first kappa shape index (κ1) is 15.5. The number of aryl methyl sites for hydroxylation is 1. The third kappa shape index (κ3) is 3.70. The standard InChI is InChI=1S/C13H24N4.ClH/c1-10(2)17-9-13(12(4)15-17)8-16-6-5-14-11(3)7-16;/h9-11,14H,5-8H2,1-4H3;1H/t11-;/m0./s1. The summed E-state index contributed by atoms with van der Waals surface area (Å²) >= 11 is 0. The van der Waals surface area contributed by atoms with Crippen molar-refractivity contribution >= 4 is 12.4 Å². The first-order chi connectivity index (χ1) is 8.06. The Kier molecular flexibility index (Phi) is 5.63. The Bertz CT molecular complexity index is 375. The summed E-state index contributed by atoms with van der Waals surface area (Å²) < 4.78 is 2.07. The summed E-state index contributed by atoms with van der Waals surface area (Å²) in [7, 11) is 0. The highest BCUT2D eigenvalue weighted by molar-refractivity contribution is 5.85. The molecule has 18 heavy (non-hydrogen) atoms. The topological polar surface area (TPSA) is 33.1 Å². The molecule has 4 nitrogen and oxygen atoms in total. The van der Waals surface area contributed by atoms with Gasteiger partial charge >= 0.3 is 0 Å². The van der Waals surface area contributed by atoms with Gasteiger partial charge in [-0.2, -0.15) is 5.10 Å². The van der Waals surface area contributed by atoms with Crippen LogP contribution in [0.3, 0.4) is 0 Å². The lowest BCUT2D eigenvalue weighted by Gasteiger charge is -2.31. The van der Waals surface area contributed by atoms with E-state index in [2.05, 4.69) is 53.9 Å². The van der Waals surface area contributed by atoms with Crippen molar-refractivity contribution in [3.63, 3.8) is 0 Å². The molecule has 2 rings (SSSR count). The van der Waals surface area contributed by atoms with Crippen molar-refractivity contribution in [2.45, 2.75) is 46.3 Å². The van der Waals surface area contributed by atoms with Gasteiger partial charge in [0, 0.05) is 50.0 Å². The fourth-order valence-corrected chi connectivity index (χ4v) is 2.34. The SMILES string of the molecule is Cc1nn(C(C)C)cc1CN1CCN[C@@H](C)C1.Cl. The van der Waals surface area contributed by atoms with Crippen molar-refractivity contribution in [3.05, 3.63) is 17.5 Å². The lowest BCUT2D eigenvalue weighted by molar-refractivity contribution is 0.199. The van der Waals surface area contributed by atoms with E-state index in [0.29, 0.717) is 12.1 Å². The highest BCUT2D eigenvalue weighted by Gasteiger charge is 2.17. The molecular weight excluding hydrogens is 248 g/mol. The summed E-state index contributed by atoms with van der Waals surface area (Å²) in [5.41, 5.74) is 2.54. The van der Waals surface area contributed by atoms with E-state index in [1.807, 2.05) is 0 Å². The van der Waals surface area contributed by atoms with Gasteiger partial charge in [-0.25, -0.2) is 0 Å². The number of hydrogen-bond acceptors (Lipinski definition) is 3. The van der Waals surface area contributed by atoms with Crippen LogP contribution in [0, 0.1) is 6.92 Å². The Labute approximate surface area is 116 Å². The molecule has 0 spiro atoms. The maximum Gasteiger partial charge on any atom is 0.0638 e. The fourth-order valence-electron chi connectivity index (χ4n) is 2.34. The Morgan fingerprint density at radius 1 is 1.50 bits per heavy atom. The van der Waals surface area contributed by atoms with E-state index in [1.165, 1.54) is 11.3 Å². The molecule has 1 aliphatic heterocycles. The first-order valence-corrected chi connectivity index (χ1v) is 6.56. The second-order valence-electron chi connectivity index (χ2n) is 5.40. The van der Waals surface area contributed by atoms with Crippen LogP contribution in [0.4, 0.5) is 0 Å². The predicted octanol–water partition coefficient (Wildman–Crippen LogP) is 1.99. The minimum absolute atomic E-state index is 0. The van der Waals surface area contributed by atoms with E-state index >= 15 is 0 Å². The van der Waals surface area contributed by atoms with Crippen molar-refractivity contribution in [2.24, 2.45) is 0 Å². The minimum Gasteiger partial charge on any atom is -0.312 e. The molecule has 1 aromatic rings. The number of nitrogens with one attached hydrogen (secondary N) is 1. The molecular formula is C13H25ClN4. The molecule has 1 saturated heterocycles. The van der Waals surface area contributed by atoms with Gasteiger partial charge in [0.1, 0.15) is 0 Å². The molecule has 0 aromatic carbocycles. The highest BCUT2D eigenvalue weighted by atomic mass is 35.5. The number of halogens is 1. The van der Waals surface area contributed by atoms with Crippen molar-refractivity contribution in [3.8, 4) is 0 Å². The van der Waals surface area contributed by atoms with Gasteiger partial charge in [-0.3, -0.25) is 9.58 Å². The summed E-state index contributed by atoms with van der Waals surface area (Å²) in [6.07, 6.45) is 2.20. The van der Waals surface area contributed by atoms with Gasteiger partial charge in [-0.05, 0) is 27.7 Å². The quantitative estimate of drug-likeness (QED) is 0.914. The van der Waals surface area contributed by atoms with E-state index in [0.717, 1.165) is 26.2 Å². The van der Waals surface area contributed by atoms with Gasteiger partial charge in [-0.1, -0.05) is 0 Å². The molecule has 104 valence electrons. The van der Waals surface area contributed by atoms with Crippen LogP contribution in [0.25, 0.3) is 0 Å². The summed E-state index contributed by atoms with van der Waals surface area (Å²) in [5, 5.41) is 8.04. The number of aromatic nitrogens is 2. The summed E-state index contributed by atoms with van der Waals surface area (Å²) in [4.78, 5) is 2.51. The van der Waals surface area contributed by atoms with E-state index in [1.54, 1.807) is 0 Å². The predicted molar refractivity (Wildman–Crippen MR) is 77.3 cm³/mol. The zero-order chi connectivity index (χ0) is 12.4. The monoisotopic (exact) mass is 272 g/mol. The smallest absolute Gasteiger partial charge is 0.0638 e. The summed E-state index contributed by atoms with van der Waals surface area (Å²) in [6, 6.07) is 1.05. The van der Waals surface area contributed by atoms with E-state index in [4.69, 9.17) is 0 Å². The second kappa shape index (κ2) is 6.55. The maximum atomic E-state index is 4.57. The van der Waals surface area contributed by atoms with Crippen LogP contribution in [0.1, 0.15) is 38.1 Å². The molecule has 0 unspecified atom stereocenters. The van der Waals surface area contributed by atoms with Gasteiger partial charge in [0.2, 0.25) is 0 Å². The Hall–Kier alpha value is -0.580. The molecule has 1 aromatic heterocycles. The third-order valence-electron chi connectivity index (χ3n) is 3.39. The lowest BCUT2D eigenvalue weighted by Crippen LogP contribution is -2.48. The molecule has 0 amide bonds. The van der Waals surface area contributed by atoms with E-state index in [9.17, 15) is 0 Å². The molecule has 2 heterocycles. The van der Waals surface area contributed by atoms with Gasteiger partial charge in [0.05, 0.1) is 5.69 Å². The van der Waals surface area contributed by atoms with Crippen LogP contribution < -0.4 is 5.32 Å². The minimum atomic E-state index is 0. The Morgan fingerprint density at radius 3 is 2.78 bits per heavy atom. The zero-order valence-corrected chi connectivity index (χ0v) is 12.6. The molecule has 1 aliphatic rings. The Morgan fingerprint density at radius 2 is 2.22 bits per heavy atom. The molecule has 0 aliphatic carbocycles. The number of rotatable bonds is 3. The lowest BCUT2D eigenvalue weighted by atomic mass is 10.2. The third-order valence-corrected chi connectivity index (χ3v) is 3.39. The van der Waals surface area contributed by atoms with Crippen LogP contribution in [0.2, 0.25) is 0 Å². The van der Waals surface area contributed by atoms with Gasteiger partial charge in [0.15, 0.2) is 0 Å². The molecule has 1 N–H and O–H groups in total. The normalized spacial score (nSPS) is 21.1. The molecule has 0 saturated carbocycles. The number of hydrogen-bond donors (Lipinski definition) is 1. The molecule has 0 bridgehead atoms. The van der Waals surface area contributed by atoms with Crippen molar-refractivity contribution in [1.29, 1.82) is 0 Å². The van der Waals surface area contributed by atoms with Crippen LogP contribution >= 0.6 is 12.4 Å². The second-order valence-corrected chi connectivity index (χ2v) is 5.40. The first-order valence-electron chi connectivity index (χ1n) is 6.56. The summed E-state index contributed by atoms with van der Waals surface area (Å²) in [5.74, 6) is 0. The van der Waals surface area contributed by atoms with Crippen molar-refractivity contribution in [2.75, 3.05) is 19.6 Å². The average Bonchev–Trinajstić information content (AvgIpc) is 2.61. The van der Waals surface area contributed by atoms with Crippen molar-refractivity contribution < 1.29 is 0 Å². The fraction of sp³-hybridized carbons (Fsp3) is 0.769.